The molecule has 14 heavy (non-hydrogen) atoms. The van der Waals surface area contributed by atoms with Gasteiger partial charge in [0.25, 0.3) is 0 Å². The lowest BCUT2D eigenvalue weighted by Crippen LogP contribution is -2.08. The van der Waals surface area contributed by atoms with Crippen molar-refractivity contribution < 1.29 is 9.47 Å². The maximum atomic E-state index is 5.64. The van der Waals surface area contributed by atoms with Crippen molar-refractivity contribution in [2.24, 2.45) is 0 Å². The van der Waals surface area contributed by atoms with E-state index in [1.54, 1.807) is 7.11 Å². The topological polar surface area (TPSA) is 18.5 Å². The summed E-state index contributed by atoms with van der Waals surface area (Å²) < 4.78 is 10.9. The van der Waals surface area contributed by atoms with Crippen molar-refractivity contribution in [3.63, 3.8) is 0 Å². The van der Waals surface area contributed by atoms with Gasteiger partial charge in [-0.3, -0.25) is 0 Å². The van der Waals surface area contributed by atoms with E-state index in [2.05, 4.69) is 12.1 Å². The molecular weight excluding hydrogens is 176 g/mol. The Labute approximate surface area is 84.2 Å². The van der Waals surface area contributed by atoms with Crippen LogP contribution in [0.5, 0.6) is 5.75 Å². The Morgan fingerprint density at radius 3 is 2.86 bits per heavy atom. The Hall–Kier alpha value is -1.28. The van der Waals surface area contributed by atoms with Crippen LogP contribution in [-0.4, -0.2) is 13.7 Å². The lowest BCUT2D eigenvalue weighted by molar-refractivity contribution is 0.0658. The van der Waals surface area contributed by atoms with Gasteiger partial charge in [-0.15, -0.1) is 0 Å². The molecule has 2 nitrogen and oxygen atoms in total. The molecule has 1 aromatic carbocycles. The molecular formula is C12H14O2. The zero-order valence-electron chi connectivity index (χ0n) is 8.27. The van der Waals surface area contributed by atoms with Crippen molar-refractivity contribution >= 4 is 0 Å². The van der Waals surface area contributed by atoms with Crippen LogP contribution < -0.4 is 4.74 Å². The summed E-state index contributed by atoms with van der Waals surface area (Å²) in [5, 5.41) is 0. The monoisotopic (exact) mass is 190 g/mol. The minimum Gasteiger partial charge on any atom is -0.496 e. The second kappa shape index (κ2) is 4.29. The van der Waals surface area contributed by atoms with Gasteiger partial charge in [-0.1, -0.05) is 30.4 Å². The van der Waals surface area contributed by atoms with Crippen LogP contribution in [0.2, 0.25) is 0 Å². The first-order valence-electron chi connectivity index (χ1n) is 4.81. The second-order valence-electron chi connectivity index (χ2n) is 3.27. The van der Waals surface area contributed by atoms with Gasteiger partial charge in [-0.2, -0.15) is 0 Å². The van der Waals surface area contributed by atoms with E-state index >= 15 is 0 Å². The summed E-state index contributed by atoms with van der Waals surface area (Å²) in [5.74, 6) is 0.910. The largest absolute Gasteiger partial charge is 0.496 e. The lowest BCUT2D eigenvalue weighted by atomic mass is 10.0. The Morgan fingerprint density at radius 2 is 2.14 bits per heavy atom. The molecule has 0 fully saturated rings. The second-order valence-corrected chi connectivity index (χ2v) is 3.27. The van der Waals surface area contributed by atoms with Crippen LogP contribution in [0.3, 0.4) is 0 Å². The molecule has 0 amide bonds. The van der Waals surface area contributed by atoms with Crippen LogP contribution in [0, 0.1) is 0 Å². The molecule has 0 saturated heterocycles. The van der Waals surface area contributed by atoms with Crippen molar-refractivity contribution in [1.82, 2.24) is 0 Å². The number of hydrogen-bond acceptors (Lipinski definition) is 2. The molecule has 1 atom stereocenters. The van der Waals surface area contributed by atoms with Crippen molar-refractivity contribution in [2.75, 3.05) is 13.7 Å². The van der Waals surface area contributed by atoms with Crippen LogP contribution in [0.15, 0.2) is 36.4 Å². The minimum atomic E-state index is 0.149. The van der Waals surface area contributed by atoms with Gasteiger partial charge in [0.05, 0.1) is 19.8 Å². The smallest absolute Gasteiger partial charge is 0.124 e. The Morgan fingerprint density at radius 1 is 1.29 bits per heavy atom. The van der Waals surface area contributed by atoms with Gasteiger partial charge in [0.1, 0.15) is 5.75 Å². The van der Waals surface area contributed by atoms with Crippen LogP contribution in [0.25, 0.3) is 0 Å². The molecule has 2 rings (SSSR count). The number of para-hydroxylation sites is 1. The number of hydrogen-bond donors (Lipinski definition) is 0. The summed E-state index contributed by atoms with van der Waals surface area (Å²) >= 11 is 0. The average Bonchev–Trinajstić information content (AvgIpc) is 2.30. The molecule has 0 unspecified atom stereocenters. The SMILES string of the molecule is COc1ccccc1[C@@H]1CC=CCO1. The standard InChI is InChI=1S/C12H14O2/c1-13-11-7-3-2-6-10(11)12-8-4-5-9-14-12/h2-7,12H,8-9H2,1H3/t12-/m0/s1. The summed E-state index contributed by atoms with van der Waals surface area (Å²) in [6.07, 6.45) is 5.28. The number of rotatable bonds is 2. The molecule has 0 bridgehead atoms. The molecule has 0 radical (unpaired) electrons. The molecule has 0 aromatic heterocycles. The lowest BCUT2D eigenvalue weighted by Gasteiger charge is -2.21. The first kappa shape index (κ1) is 9.28. The summed E-state index contributed by atoms with van der Waals surface area (Å²) in [5.41, 5.74) is 1.14. The highest BCUT2D eigenvalue weighted by molar-refractivity contribution is 5.35. The Balaban J connectivity index is 2.25. The number of ether oxygens (including phenoxy) is 2. The fourth-order valence-electron chi connectivity index (χ4n) is 1.68. The Bertz CT molecular complexity index is 331. The molecule has 1 aliphatic heterocycles. The van der Waals surface area contributed by atoms with Gasteiger partial charge in [-0.05, 0) is 12.5 Å². The van der Waals surface area contributed by atoms with Gasteiger partial charge in [0.15, 0.2) is 0 Å². The molecule has 0 saturated carbocycles. The summed E-state index contributed by atoms with van der Waals surface area (Å²) in [6, 6.07) is 8.01. The maximum Gasteiger partial charge on any atom is 0.124 e. The van der Waals surface area contributed by atoms with Crippen LogP contribution in [0.4, 0.5) is 0 Å². The summed E-state index contributed by atoms with van der Waals surface area (Å²) in [4.78, 5) is 0. The van der Waals surface area contributed by atoms with E-state index in [0.29, 0.717) is 6.61 Å². The van der Waals surface area contributed by atoms with E-state index in [4.69, 9.17) is 9.47 Å². The first-order valence-corrected chi connectivity index (χ1v) is 4.81. The van der Waals surface area contributed by atoms with Gasteiger partial charge in [0, 0.05) is 5.56 Å². The van der Waals surface area contributed by atoms with E-state index in [1.807, 2.05) is 24.3 Å². The van der Waals surface area contributed by atoms with Gasteiger partial charge < -0.3 is 9.47 Å². The number of methoxy groups -OCH3 is 1. The predicted molar refractivity (Wildman–Crippen MR) is 55.4 cm³/mol. The molecule has 1 aliphatic rings. The van der Waals surface area contributed by atoms with E-state index in [0.717, 1.165) is 17.7 Å². The highest BCUT2D eigenvalue weighted by atomic mass is 16.5. The average molecular weight is 190 g/mol. The molecule has 74 valence electrons. The molecule has 0 N–H and O–H groups in total. The van der Waals surface area contributed by atoms with Crippen LogP contribution in [0.1, 0.15) is 18.1 Å². The van der Waals surface area contributed by atoms with Crippen molar-refractivity contribution in [1.29, 1.82) is 0 Å². The zero-order chi connectivity index (χ0) is 9.80. The first-order chi connectivity index (χ1) is 6.92. The molecule has 2 heteroatoms. The molecule has 1 heterocycles. The quantitative estimate of drug-likeness (QED) is 0.667. The van der Waals surface area contributed by atoms with Crippen LogP contribution in [-0.2, 0) is 4.74 Å². The van der Waals surface area contributed by atoms with Crippen LogP contribution >= 0.6 is 0 Å². The molecule has 0 spiro atoms. The van der Waals surface area contributed by atoms with Crippen molar-refractivity contribution in [3.05, 3.63) is 42.0 Å². The minimum absolute atomic E-state index is 0.149. The van der Waals surface area contributed by atoms with E-state index in [1.165, 1.54) is 0 Å². The third-order valence-corrected chi connectivity index (χ3v) is 2.40. The van der Waals surface area contributed by atoms with Gasteiger partial charge in [0.2, 0.25) is 0 Å². The predicted octanol–water partition coefficient (Wildman–Crippen LogP) is 2.71. The van der Waals surface area contributed by atoms with Gasteiger partial charge >= 0.3 is 0 Å². The Kier molecular flexibility index (Phi) is 2.84. The van der Waals surface area contributed by atoms with Crippen molar-refractivity contribution in [2.45, 2.75) is 12.5 Å². The summed E-state index contributed by atoms with van der Waals surface area (Å²) in [7, 11) is 1.69. The zero-order valence-corrected chi connectivity index (χ0v) is 8.27. The third kappa shape index (κ3) is 1.80. The number of benzene rings is 1. The van der Waals surface area contributed by atoms with Gasteiger partial charge in [-0.25, -0.2) is 0 Å². The normalized spacial score (nSPS) is 20.8. The molecule has 0 aliphatic carbocycles. The van der Waals surface area contributed by atoms with E-state index < -0.39 is 0 Å². The van der Waals surface area contributed by atoms with Crippen molar-refractivity contribution in [3.8, 4) is 5.75 Å². The fraction of sp³-hybridized carbons (Fsp3) is 0.333. The maximum absolute atomic E-state index is 5.64. The fourth-order valence-corrected chi connectivity index (χ4v) is 1.68. The summed E-state index contributed by atoms with van der Waals surface area (Å²) in [6.45, 7) is 0.697. The third-order valence-electron chi connectivity index (χ3n) is 2.40. The highest BCUT2D eigenvalue weighted by Gasteiger charge is 2.16. The van der Waals surface area contributed by atoms with E-state index in [9.17, 15) is 0 Å². The highest BCUT2D eigenvalue weighted by Crippen LogP contribution is 2.31. The van der Waals surface area contributed by atoms with E-state index in [-0.39, 0.29) is 6.10 Å². The molecule has 1 aromatic rings.